The molecule has 0 aromatic heterocycles. The number of aromatic carboxylic acids is 1. The van der Waals surface area contributed by atoms with E-state index in [1.807, 2.05) is 6.92 Å². The summed E-state index contributed by atoms with van der Waals surface area (Å²) in [6, 6.07) is 5.69. The lowest BCUT2D eigenvalue weighted by Gasteiger charge is -2.16. The average Bonchev–Trinajstić information content (AvgIpc) is 2.59. The molecule has 0 atom stereocenters. The summed E-state index contributed by atoms with van der Waals surface area (Å²) in [5, 5.41) is 11.9. The van der Waals surface area contributed by atoms with Crippen LogP contribution in [0.2, 0.25) is 0 Å². The molecule has 0 bridgehead atoms. The molecule has 1 amide bonds. The zero-order valence-corrected chi connectivity index (χ0v) is 15.0. The van der Waals surface area contributed by atoms with Crippen LogP contribution < -0.4 is 10.1 Å². The van der Waals surface area contributed by atoms with E-state index in [0.29, 0.717) is 11.3 Å². The number of hydrogen-bond acceptors (Lipinski definition) is 4. The van der Waals surface area contributed by atoms with Crippen LogP contribution >= 0.6 is 11.8 Å². The average molecular weight is 381 g/mol. The van der Waals surface area contributed by atoms with Crippen molar-refractivity contribution in [3.63, 3.8) is 0 Å². The van der Waals surface area contributed by atoms with Crippen LogP contribution in [0, 0.1) is 11.6 Å². The minimum Gasteiger partial charge on any atom is -0.478 e. The molecule has 0 fully saturated rings. The summed E-state index contributed by atoms with van der Waals surface area (Å²) < 4.78 is 32.2. The number of nitrogens with one attached hydrogen (secondary N) is 1. The maximum atomic E-state index is 13.4. The molecule has 0 saturated carbocycles. The number of ether oxygens (including phenoxy) is 1. The number of anilines is 1. The molecule has 0 unspecified atom stereocenters. The highest BCUT2D eigenvalue weighted by atomic mass is 32.2. The van der Waals surface area contributed by atoms with Gasteiger partial charge >= 0.3 is 5.97 Å². The first-order valence-corrected chi connectivity index (χ1v) is 8.96. The Kier molecular flexibility index (Phi) is 6.57. The van der Waals surface area contributed by atoms with Gasteiger partial charge in [-0.3, -0.25) is 4.79 Å². The quantitative estimate of drug-likeness (QED) is 0.666. The molecule has 2 N–H and O–H groups in total. The summed E-state index contributed by atoms with van der Waals surface area (Å²) >= 11 is 1.20. The van der Waals surface area contributed by atoms with E-state index in [1.165, 1.54) is 30.0 Å². The second kappa shape index (κ2) is 8.66. The van der Waals surface area contributed by atoms with Crippen LogP contribution in [0.3, 0.4) is 0 Å². The van der Waals surface area contributed by atoms with Crippen LogP contribution in [0.4, 0.5) is 14.5 Å². The zero-order chi connectivity index (χ0) is 19.3. The Morgan fingerprint density at radius 1 is 1.19 bits per heavy atom. The van der Waals surface area contributed by atoms with Gasteiger partial charge in [-0.25, -0.2) is 13.6 Å². The van der Waals surface area contributed by atoms with Gasteiger partial charge in [-0.05, 0) is 36.9 Å². The number of hydrogen-bond donors (Lipinski definition) is 2. The maximum absolute atomic E-state index is 13.4. The summed E-state index contributed by atoms with van der Waals surface area (Å²) in [6.45, 7) is 1.83. The van der Waals surface area contributed by atoms with E-state index in [0.717, 1.165) is 12.1 Å². The predicted octanol–water partition coefficient (Wildman–Crippen LogP) is 4.92. The fourth-order valence-electron chi connectivity index (χ4n) is 2.17. The lowest BCUT2D eigenvalue weighted by Crippen LogP contribution is -2.13. The Morgan fingerprint density at radius 2 is 1.92 bits per heavy atom. The van der Waals surface area contributed by atoms with E-state index in [4.69, 9.17) is 4.74 Å². The first kappa shape index (κ1) is 19.7. The lowest BCUT2D eigenvalue weighted by molar-refractivity contribution is -0.116. The third-order valence-corrected chi connectivity index (χ3v) is 4.13. The molecule has 138 valence electrons. The molecular formula is C18H17F2NO4S. The molecule has 0 radical (unpaired) electrons. The fourth-order valence-corrected chi connectivity index (χ4v) is 2.76. The summed E-state index contributed by atoms with van der Waals surface area (Å²) in [4.78, 5) is 23.7. The third kappa shape index (κ3) is 4.72. The van der Waals surface area contributed by atoms with Crippen molar-refractivity contribution in [2.24, 2.45) is 0 Å². The number of thioether (sulfide) groups is 1. The predicted molar refractivity (Wildman–Crippen MR) is 95.2 cm³/mol. The first-order chi connectivity index (χ1) is 12.3. The van der Waals surface area contributed by atoms with Gasteiger partial charge < -0.3 is 15.2 Å². The summed E-state index contributed by atoms with van der Waals surface area (Å²) in [5.74, 6) is -3.37. The van der Waals surface area contributed by atoms with Gasteiger partial charge in [0.05, 0.1) is 16.1 Å². The van der Waals surface area contributed by atoms with Crippen LogP contribution in [-0.2, 0) is 4.79 Å². The van der Waals surface area contributed by atoms with E-state index < -0.39 is 17.6 Å². The van der Waals surface area contributed by atoms with Crippen molar-refractivity contribution < 1.29 is 28.2 Å². The molecule has 0 aliphatic rings. The van der Waals surface area contributed by atoms with E-state index in [1.54, 1.807) is 6.26 Å². The number of amides is 1. The van der Waals surface area contributed by atoms with E-state index in [9.17, 15) is 23.5 Å². The normalized spacial score (nSPS) is 10.5. The topological polar surface area (TPSA) is 75.6 Å². The highest BCUT2D eigenvalue weighted by Gasteiger charge is 2.18. The SMILES string of the molecule is CCCC(=O)Nc1cc(C(=O)O)cc(SC)c1Oc1ccc(F)c(F)c1. The number of rotatable bonds is 7. The molecule has 5 nitrogen and oxygen atoms in total. The van der Waals surface area contributed by atoms with Crippen molar-refractivity contribution >= 4 is 29.3 Å². The van der Waals surface area contributed by atoms with Gasteiger partial charge in [0.2, 0.25) is 5.91 Å². The molecule has 0 heterocycles. The van der Waals surface area contributed by atoms with Gasteiger partial charge in [0, 0.05) is 12.5 Å². The largest absolute Gasteiger partial charge is 0.478 e. The van der Waals surface area contributed by atoms with Crippen LogP contribution in [0.25, 0.3) is 0 Å². The number of halogens is 2. The molecule has 0 aliphatic carbocycles. The van der Waals surface area contributed by atoms with Crippen molar-refractivity contribution in [2.75, 3.05) is 11.6 Å². The van der Waals surface area contributed by atoms with Crippen molar-refractivity contribution in [3.05, 3.63) is 47.5 Å². The lowest BCUT2D eigenvalue weighted by atomic mass is 10.1. The van der Waals surface area contributed by atoms with Gasteiger partial charge in [0.25, 0.3) is 0 Å². The molecule has 0 aliphatic heterocycles. The Labute approximate surface area is 153 Å². The second-order valence-electron chi connectivity index (χ2n) is 5.34. The van der Waals surface area contributed by atoms with Crippen LogP contribution in [0.15, 0.2) is 35.2 Å². The van der Waals surface area contributed by atoms with E-state index in [-0.39, 0.29) is 35.1 Å². The Bertz CT molecular complexity index is 842. The molecule has 0 saturated heterocycles. The molecule has 2 aromatic carbocycles. The van der Waals surface area contributed by atoms with Crippen LogP contribution in [0.5, 0.6) is 11.5 Å². The molecule has 0 spiro atoms. The molecule has 2 rings (SSSR count). The van der Waals surface area contributed by atoms with Gasteiger partial charge in [0.1, 0.15) is 5.75 Å². The minimum atomic E-state index is -1.16. The van der Waals surface area contributed by atoms with Crippen molar-refractivity contribution in [1.82, 2.24) is 0 Å². The minimum absolute atomic E-state index is 0.0215. The molecular weight excluding hydrogens is 364 g/mol. The number of carboxylic acid groups (broad SMARTS) is 1. The number of carbonyl (C=O) groups is 2. The highest BCUT2D eigenvalue weighted by molar-refractivity contribution is 7.98. The highest BCUT2D eigenvalue weighted by Crippen LogP contribution is 2.40. The fraction of sp³-hybridized carbons (Fsp3) is 0.222. The van der Waals surface area contributed by atoms with Gasteiger partial charge in [-0.15, -0.1) is 11.8 Å². The smallest absolute Gasteiger partial charge is 0.335 e. The van der Waals surface area contributed by atoms with E-state index >= 15 is 0 Å². The van der Waals surface area contributed by atoms with Crippen molar-refractivity contribution in [3.8, 4) is 11.5 Å². The number of carboxylic acids is 1. The Hall–Kier alpha value is -2.61. The van der Waals surface area contributed by atoms with Crippen molar-refractivity contribution in [2.45, 2.75) is 24.7 Å². The van der Waals surface area contributed by atoms with Crippen LogP contribution in [-0.4, -0.2) is 23.2 Å². The third-order valence-electron chi connectivity index (χ3n) is 3.38. The zero-order valence-electron chi connectivity index (χ0n) is 14.1. The Morgan fingerprint density at radius 3 is 2.50 bits per heavy atom. The van der Waals surface area contributed by atoms with E-state index in [2.05, 4.69) is 5.32 Å². The van der Waals surface area contributed by atoms with Crippen LogP contribution in [0.1, 0.15) is 30.1 Å². The van der Waals surface area contributed by atoms with Crippen molar-refractivity contribution in [1.29, 1.82) is 0 Å². The van der Waals surface area contributed by atoms with Gasteiger partial charge in [0.15, 0.2) is 17.4 Å². The first-order valence-electron chi connectivity index (χ1n) is 7.73. The molecule has 26 heavy (non-hydrogen) atoms. The summed E-state index contributed by atoms with van der Waals surface area (Å²) in [6.07, 6.45) is 2.56. The standard InChI is InChI=1S/C18H17F2NO4S/c1-3-4-16(22)21-14-7-10(18(23)24)8-15(26-2)17(14)25-11-5-6-12(19)13(20)9-11/h5-9H,3-4H2,1-2H3,(H,21,22)(H,23,24). The van der Waals surface area contributed by atoms with Gasteiger partial charge in [-0.1, -0.05) is 6.92 Å². The number of benzene rings is 2. The molecule has 8 heteroatoms. The maximum Gasteiger partial charge on any atom is 0.335 e. The Balaban J connectivity index is 2.50. The monoisotopic (exact) mass is 381 g/mol. The number of carbonyl (C=O) groups excluding carboxylic acids is 1. The summed E-state index contributed by atoms with van der Waals surface area (Å²) in [7, 11) is 0. The van der Waals surface area contributed by atoms with Gasteiger partial charge in [-0.2, -0.15) is 0 Å². The molecule has 2 aromatic rings. The summed E-state index contributed by atoms with van der Waals surface area (Å²) in [5.41, 5.74) is 0.121. The second-order valence-corrected chi connectivity index (χ2v) is 6.18.